The van der Waals surface area contributed by atoms with Gasteiger partial charge in [-0.15, -0.1) is 0 Å². The lowest BCUT2D eigenvalue weighted by atomic mass is 9.90. The van der Waals surface area contributed by atoms with Crippen molar-refractivity contribution in [1.29, 1.82) is 5.26 Å². The van der Waals surface area contributed by atoms with Crippen LogP contribution in [-0.2, 0) is 0 Å². The van der Waals surface area contributed by atoms with E-state index in [1.165, 1.54) is 6.26 Å². The number of rotatable bonds is 5. The maximum absolute atomic E-state index is 13.4. The summed E-state index contributed by atoms with van der Waals surface area (Å²) in [6, 6.07) is 10.7. The quantitative estimate of drug-likeness (QED) is 0.650. The number of ketones is 1. The Hall–Kier alpha value is -3.50. The van der Waals surface area contributed by atoms with Gasteiger partial charge in [0.2, 0.25) is 11.8 Å². The van der Waals surface area contributed by atoms with Gasteiger partial charge in [-0.25, -0.2) is 9.97 Å². The Morgan fingerprint density at radius 2 is 2.13 bits per heavy atom. The summed E-state index contributed by atoms with van der Waals surface area (Å²) in [5.41, 5.74) is 2.49. The molecule has 7 nitrogen and oxygen atoms in total. The SMILES string of the molecule is Cc1c(C#N)ccnc1O[C@@H]1CC[C@@H](C)NC1C(=O)c1cccc(-c2ncco2)c1. The second kappa shape index (κ2) is 8.47. The molecule has 1 N–H and O–H groups in total. The lowest BCUT2D eigenvalue weighted by Crippen LogP contribution is -2.55. The monoisotopic (exact) mass is 402 g/mol. The van der Waals surface area contributed by atoms with Crippen LogP contribution in [0.5, 0.6) is 5.88 Å². The first-order valence-electron chi connectivity index (χ1n) is 9.89. The minimum absolute atomic E-state index is 0.0611. The second-order valence-corrected chi connectivity index (χ2v) is 7.46. The molecule has 0 bridgehead atoms. The average molecular weight is 402 g/mol. The Bertz CT molecular complexity index is 1090. The predicted molar refractivity (Wildman–Crippen MR) is 110 cm³/mol. The van der Waals surface area contributed by atoms with Gasteiger partial charge in [0.1, 0.15) is 18.4 Å². The molecular formula is C23H22N4O3. The largest absolute Gasteiger partial charge is 0.472 e. The predicted octanol–water partition coefficient (Wildman–Crippen LogP) is 3.69. The number of aromatic nitrogens is 2. The molecule has 152 valence electrons. The number of nitriles is 1. The lowest BCUT2D eigenvalue weighted by Gasteiger charge is -2.35. The highest BCUT2D eigenvalue weighted by Gasteiger charge is 2.36. The van der Waals surface area contributed by atoms with Crippen molar-refractivity contribution in [2.24, 2.45) is 0 Å². The van der Waals surface area contributed by atoms with Gasteiger partial charge in [0.25, 0.3) is 0 Å². The first-order valence-corrected chi connectivity index (χ1v) is 9.89. The van der Waals surface area contributed by atoms with E-state index in [4.69, 9.17) is 9.15 Å². The van der Waals surface area contributed by atoms with Gasteiger partial charge in [-0.3, -0.25) is 4.79 Å². The van der Waals surface area contributed by atoms with Crippen LogP contribution in [-0.4, -0.2) is 33.9 Å². The van der Waals surface area contributed by atoms with Crippen LogP contribution in [0.3, 0.4) is 0 Å². The molecule has 2 aromatic heterocycles. The van der Waals surface area contributed by atoms with Crippen LogP contribution < -0.4 is 10.1 Å². The molecule has 7 heteroatoms. The topological polar surface area (TPSA) is 101 Å². The molecule has 1 aliphatic rings. The minimum atomic E-state index is -0.527. The molecule has 0 saturated carbocycles. The van der Waals surface area contributed by atoms with Gasteiger partial charge in [-0.1, -0.05) is 12.1 Å². The van der Waals surface area contributed by atoms with E-state index in [9.17, 15) is 10.1 Å². The number of piperidine rings is 1. The number of hydrogen-bond donors (Lipinski definition) is 1. The van der Waals surface area contributed by atoms with Crippen molar-refractivity contribution in [2.75, 3.05) is 0 Å². The van der Waals surface area contributed by atoms with Crippen LogP contribution in [0.1, 0.15) is 41.3 Å². The van der Waals surface area contributed by atoms with Gasteiger partial charge in [-0.2, -0.15) is 5.26 Å². The zero-order valence-electron chi connectivity index (χ0n) is 16.8. The number of carbonyl (C=O) groups excluding carboxylic acids is 1. The van der Waals surface area contributed by atoms with E-state index < -0.39 is 6.04 Å². The van der Waals surface area contributed by atoms with Crippen LogP contribution in [0.25, 0.3) is 11.5 Å². The summed E-state index contributed by atoms with van der Waals surface area (Å²) in [5.74, 6) is 0.798. The molecule has 30 heavy (non-hydrogen) atoms. The lowest BCUT2D eigenvalue weighted by molar-refractivity contribution is 0.0672. The van der Waals surface area contributed by atoms with Gasteiger partial charge in [0, 0.05) is 28.9 Å². The average Bonchev–Trinajstić information content (AvgIpc) is 3.31. The van der Waals surface area contributed by atoms with Crippen molar-refractivity contribution < 1.29 is 13.9 Å². The second-order valence-electron chi connectivity index (χ2n) is 7.46. The van der Waals surface area contributed by atoms with E-state index in [1.807, 2.05) is 12.1 Å². The summed E-state index contributed by atoms with van der Waals surface area (Å²) in [6.45, 7) is 3.86. The maximum atomic E-state index is 13.4. The molecule has 0 spiro atoms. The molecule has 4 rings (SSSR count). The van der Waals surface area contributed by atoms with Crippen molar-refractivity contribution >= 4 is 5.78 Å². The van der Waals surface area contributed by atoms with Crippen LogP contribution in [0.4, 0.5) is 0 Å². The number of hydrogen-bond acceptors (Lipinski definition) is 7. The molecule has 1 aromatic carbocycles. The highest BCUT2D eigenvalue weighted by atomic mass is 16.5. The molecule has 1 aliphatic heterocycles. The van der Waals surface area contributed by atoms with Gasteiger partial charge >= 0.3 is 0 Å². The number of oxazole rings is 1. The van der Waals surface area contributed by atoms with Crippen LogP contribution in [0.15, 0.2) is 53.4 Å². The van der Waals surface area contributed by atoms with E-state index >= 15 is 0 Å². The van der Waals surface area contributed by atoms with Crippen LogP contribution in [0.2, 0.25) is 0 Å². The normalized spacial score (nSPS) is 21.0. The van der Waals surface area contributed by atoms with Crippen LogP contribution >= 0.6 is 0 Å². The third-order valence-electron chi connectivity index (χ3n) is 5.37. The van der Waals surface area contributed by atoms with E-state index in [0.717, 1.165) is 12.0 Å². The van der Waals surface area contributed by atoms with Crippen LogP contribution in [0, 0.1) is 18.3 Å². The van der Waals surface area contributed by atoms with Gasteiger partial charge in [-0.05, 0) is 44.9 Å². The number of nitrogens with one attached hydrogen (secondary N) is 1. The number of benzene rings is 1. The Kier molecular flexibility index (Phi) is 5.59. The molecule has 3 atom stereocenters. The molecule has 3 heterocycles. The maximum Gasteiger partial charge on any atom is 0.225 e. The standard InChI is InChI=1S/C23H22N4O3/c1-14-6-7-19(30-22-15(2)18(13-24)8-9-25-22)20(27-14)21(28)16-4-3-5-17(12-16)23-26-10-11-29-23/h3-5,8-12,14,19-20,27H,6-7H2,1-2H3/t14-,19-,20?/m1/s1. The van der Waals surface area contributed by atoms with E-state index in [-0.39, 0.29) is 17.9 Å². The Morgan fingerprint density at radius 1 is 1.27 bits per heavy atom. The molecule has 0 amide bonds. The fraction of sp³-hybridized carbons (Fsp3) is 0.304. The Morgan fingerprint density at radius 3 is 2.90 bits per heavy atom. The number of ether oxygens (including phenoxy) is 1. The fourth-order valence-electron chi connectivity index (χ4n) is 3.70. The van der Waals surface area contributed by atoms with E-state index in [2.05, 4.69) is 28.3 Å². The molecule has 3 aromatic rings. The Labute approximate surface area is 174 Å². The minimum Gasteiger partial charge on any atom is -0.472 e. The molecule has 1 unspecified atom stereocenters. The first-order chi connectivity index (χ1) is 14.6. The number of carbonyl (C=O) groups is 1. The highest BCUT2D eigenvalue weighted by molar-refractivity contribution is 6.01. The zero-order chi connectivity index (χ0) is 21.1. The van der Waals surface area contributed by atoms with Crippen molar-refractivity contribution in [3.05, 3.63) is 65.7 Å². The number of Topliss-reactive ketones (excluding diaryl/α,β-unsaturated/α-hetero) is 1. The summed E-state index contributed by atoms with van der Waals surface area (Å²) in [5, 5.41) is 12.6. The summed E-state index contributed by atoms with van der Waals surface area (Å²) in [6.07, 6.45) is 5.82. The molecule has 1 saturated heterocycles. The Balaban J connectivity index is 1.61. The van der Waals surface area contributed by atoms with E-state index in [0.29, 0.717) is 34.9 Å². The summed E-state index contributed by atoms with van der Waals surface area (Å²) in [7, 11) is 0. The molecule has 0 radical (unpaired) electrons. The molecule has 1 fully saturated rings. The third kappa shape index (κ3) is 3.95. The third-order valence-corrected chi connectivity index (χ3v) is 5.37. The highest BCUT2D eigenvalue weighted by Crippen LogP contribution is 2.26. The van der Waals surface area contributed by atoms with Crippen molar-refractivity contribution in [2.45, 2.75) is 44.9 Å². The molecule has 0 aliphatic carbocycles. The fourth-order valence-corrected chi connectivity index (χ4v) is 3.70. The number of pyridine rings is 1. The van der Waals surface area contributed by atoms with E-state index in [1.54, 1.807) is 37.5 Å². The first kappa shape index (κ1) is 19.8. The van der Waals surface area contributed by atoms with Gasteiger partial charge < -0.3 is 14.5 Å². The summed E-state index contributed by atoms with van der Waals surface area (Å²) >= 11 is 0. The smallest absolute Gasteiger partial charge is 0.225 e. The van der Waals surface area contributed by atoms with Crippen molar-refractivity contribution in [3.63, 3.8) is 0 Å². The zero-order valence-corrected chi connectivity index (χ0v) is 16.8. The van der Waals surface area contributed by atoms with Gasteiger partial charge in [0.05, 0.1) is 17.8 Å². The van der Waals surface area contributed by atoms with Gasteiger partial charge in [0.15, 0.2) is 5.78 Å². The number of nitrogens with zero attached hydrogens (tertiary/aromatic N) is 3. The van der Waals surface area contributed by atoms with Crippen molar-refractivity contribution in [1.82, 2.24) is 15.3 Å². The summed E-state index contributed by atoms with van der Waals surface area (Å²) in [4.78, 5) is 21.8. The summed E-state index contributed by atoms with van der Waals surface area (Å²) < 4.78 is 11.5. The molecular weight excluding hydrogens is 380 g/mol. The van der Waals surface area contributed by atoms with Crippen molar-refractivity contribution in [3.8, 4) is 23.4 Å².